The van der Waals surface area contributed by atoms with E-state index in [0.717, 1.165) is 68.1 Å². The third-order valence-corrected chi connectivity index (χ3v) is 6.43. The van der Waals surface area contributed by atoms with Crippen molar-refractivity contribution in [3.05, 3.63) is 41.3 Å². The topological polar surface area (TPSA) is 76.8 Å². The second-order valence-electron chi connectivity index (χ2n) is 8.72. The molecule has 0 spiro atoms. The van der Waals surface area contributed by atoms with E-state index in [2.05, 4.69) is 27.5 Å². The Morgan fingerprint density at radius 1 is 1.06 bits per heavy atom. The van der Waals surface area contributed by atoms with E-state index in [0.29, 0.717) is 5.76 Å². The van der Waals surface area contributed by atoms with Crippen LogP contribution in [-0.2, 0) is 6.54 Å². The van der Waals surface area contributed by atoms with Crippen molar-refractivity contribution in [3.63, 3.8) is 0 Å². The second kappa shape index (κ2) is 10.2. The Labute approximate surface area is 184 Å². The van der Waals surface area contributed by atoms with Gasteiger partial charge in [-0.15, -0.1) is 0 Å². The number of benzene rings is 1. The van der Waals surface area contributed by atoms with Crippen molar-refractivity contribution in [3.8, 4) is 11.5 Å². The van der Waals surface area contributed by atoms with Crippen molar-refractivity contribution in [1.82, 2.24) is 15.4 Å². The molecule has 0 bridgehead atoms. The number of methoxy groups -OCH3 is 2. The molecule has 2 fully saturated rings. The van der Waals surface area contributed by atoms with Gasteiger partial charge in [-0.05, 0) is 49.9 Å². The first-order chi connectivity index (χ1) is 15.1. The van der Waals surface area contributed by atoms with Crippen molar-refractivity contribution in [2.75, 3.05) is 27.3 Å². The molecule has 0 unspecified atom stereocenters. The summed E-state index contributed by atoms with van der Waals surface area (Å²) in [4.78, 5) is 15.0. The molecule has 1 saturated heterocycles. The fourth-order valence-corrected chi connectivity index (χ4v) is 4.75. The third-order valence-electron chi connectivity index (χ3n) is 6.43. The van der Waals surface area contributed by atoms with E-state index in [-0.39, 0.29) is 17.9 Å². The van der Waals surface area contributed by atoms with Gasteiger partial charge in [0.15, 0.2) is 0 Å². The van der Waals surface area contributed by atoms with Gasteiger partial charge in [0.2, 0.25) is 5.76 Å². The summed E-state index contributed by atoms with van der Waals surface area (Å²) in [6.45, 7) is 2.73. The molecule has 1 atom stereocenters. The first kappa shape index (κ1) is 21.7. The third kappa shape index (κ3) is 5.58. The fraction of sp³-hybridized carbons (Fsp3) is 0.583. The normalized spacial score (nSPS) is 20.4. The number of aromatic nitrogens is 1. The zero-order valence-electron chi connectivity index (χ0n) is 18.6. The maximum absolute atomic E-state index is 12.6. The zero-order valence-corrected chi connectivity index (χ0v) is 18.6. The van der Waals surface area contributed by atoms with Gasteiger partial charge in [-0.1, -0.05) is 24.4 Å². The highest BCUT2D eigenvalue weighted by Crippen LogP contribution is 2.29. The lowest BCUT2D eigenvalue weighted by atomic mass is 9.94. The van der Waals surface area contributed by atoms with Crippen LogP contribution in [0.1, 0.15) is 72.7 Å². The van der Waals surface area contributed by atoms with Crippen LogP contribution < -0.4 is 14.8 Å². The van der Waals surface area contributed by atoms with E-state index in [1.807, 2.05) is 12.1 Å². The number of hydrogen-bond acceptors (Lipinski definition) is 6. The Kier molecular flexibility index (Phi) is 7.12. The maximum Gasteiger partial charge on any atom is 0.290 e. The zero-order chi connectivity index (χ0) is 21.6. The number of nitrogens with one attached hydrogen (secondary N) is 1. The van der Waals surface area contributed by atoms with Gasteiger partial charge >= 0.3 is 0 Å². The van der Waals surface area contributed by atoms with E-state index in [1.165, 1.54) is 19.3 Å². The van der Waals surface area contributed by atoms with Crippen LogP contribution in [0.2, 0.25) is 0 Å². The number of carbonyl (C=O) groups is 1. The quantitative estimate of drug-likeness (QED) is 0.716. The molecule has 4 rings (SSSR count). The highest BCUT2D eigenvalue weighted by Gasteiger charge is 2.26. The molecule has 1 aliphatic heterocycles. The molecule has 1 aromatic heterocycles. The standard InChI is InChI=1S/C24H33N3O4/c1-29-20-11-17(12-21(13-20)30-2)15-27-10-6-7-18(16-27)22-14-23(31-26-22)24(28)25-19-8-4-3-5-9-19/h11-14,18-19H,3-10,15-16H2,1-2H3,(H,25,28)/t18-/m0/s1. The highest BCUT2D eigenvalue weighted by molar-refractivity contribution is 5.91. The molecule has 2 aromatic rings. The van der Waals surface area contributed by atoms with Crippen LogP contribution in [0.5, 0.6) is 11.5 Å². The SMILES string of the molecule is COc1cc(CN2CCC[C@H](c3cc(C(=O)NC4CCCCC4)on3)C2)cc(OC)c1. The summed E-state index contributed by atoms with van der Waals surface area (Å²) in [5.41, 5.74) is 2.03. The number of likely N-dealkylation sites (tertiary alicyclic amines) is 1. The number of hydrogen-bond donors (Lipinski definition) is 1. The number of ether oxygens (including phenoxy) is 2. The average Bonchev–Trinajstić information content (AvgIpc) is 3.30. The number of carbonyl (C=O) groups excluding carboxylic acids is 1. The predicted octanol–water partition coefficient (Wildman–Crippen LogP) is 4.13. The monoisotopic (exact) mass is 427 g/mol. The van der Waals surface area contributed by atoms with E-state index in [4.69, 9.17) is 14.0 Å². The molecule has 2 aliphatic rings. The Balaban J connectivity index is 1.37. The molecule has 7 heteroatoms. The number of rotatable bonds is 7. The lowest BCUT2D eigenvalue weighted by molar-refractivity contribution is 0.0890. The van der Waals surface area contributed by atoms with Crippen molar-refractivity contribution in [2.24, 2.45) is 0 Å². The number of amides is 1. The summed E-state index contributed by atoms with van der Waals surface area (Å²) in [6.07, 6.45) is 7.88. The van der Waals surface area contributed by atoms with Crippen molar-refractivity contribution in [2.45, 2.75) is 63.5 Å². The maximum atomic E-state index is 12.6. The molecule has 31 heavy (non-hydrogen) atoms. The summed E-state index contributed by atoms with van der Waals surface area (Å²) in [6, 6.07) is 8.09. The van der Waals surface area contributed by atoms with Crippen molar-refractivity contribution < 1.29 is 18.8 Å². The van der Waals surface area contributed by atoms with E-state index in [1.54, 1.807) is 14.2 Å². The lowest BCUT2D eigenvalue weighted by Crippen LogP contribution is -2.36. The van der Waals surface area contributed by atoms with Crippen molar-refractivity contribution >= 4 is 5.91 Å². The van der Waals surface area contributed by atoms with Crippen LogP contribution in [0, 0.1) is 0 Å². The summed E-state index contributed by atoms with van der Waals surface area (Å²) in [7, 11) is 3.34. The van der Waals surface area contributed by atoms with Crippen LogP contribution in [0.25, 0.3) is 0 Å². The van der Waals surface area contributed by atoms with Gasteiger partial charge in [0.1, 0.15) is 11.5 Å². The Morgan fingerprint density at radius 3 is 2.52 bits per heavy atom. The molecule has 1 aromatic carbocycles. The smallest absolute Gasteiger partial charge is 0.290 e. The van der Waals surface area contributed by atoms with Crippen LogP contribution in [-0.4, -0.2) is 49.3 Å². The van der Waals surface area contributed by atoms with Gasteiger partial charge in [0, 0.05) is 37.2 Å². The highest BCUT2D eigenvalue weighted by atomic mass is 16.5. The largest absolute Gasteiger partial charge is 0.497 e. The fourth-order valence-electron chi connectivity index (χ4n) is 4.75. The summed E-state index contributed by atoms with van der Waals surface area (Å²) >= 11 is 0. The van der Waals surface area contributed by atoms with Gasteiger partial charge < -0.3 is 19.3 Å². The minimum atomic E-state index is -0.137. The van der Waals surface area contributed by atoms with Crippen LogP contribution in [0.3, 0.4) is 0 Å². The first-order valence-corrected chi connectivity index (χ1v) is 11.4. The van der Waals surface area contributed by atoms with Gasteiger partial charge in [-0.2, -0.15) is 0 Å². The molecular formula is C24H33N3O4. The molecule has 7 nitrogen and oxygen atoms in total. The van der Waals surface area contributed by atoms with E-state index < -0.39 is 0 Å². The minimum Gasteiger partial charge on any atom is -0.497 e. The van der Waals surface area contributed by atoms with E-state index >= 15 is 0 Å². The number of piperidine rings is 1. The Morgan fingerprint density at radius 2 is 1.81 bits per heavy atom. The van der Waals surface area contributed by atoms with Gasteiger partial charge in [0.25, 0.3) is 5.91 Å². The first-order valence-electron chi connectivity index (χ1n) is 11.4. The summed E-state index contributed by atoms with van der Waals surface area (Å²) in [5, 5.41) is 7.36. The van der Waals surface area contributed by atoms with E-state index in [9.17, 15) is 4.79 Å². The van der Waals surface area contributed by atoms with Crippen LogP contribution >= 0.6 is 0 Å². The van der Waals surface area contributed by atoms with Gasteiger partial charge in [-0.25, -0.2) is 0 Å². The number of nitrogens with zero attached hydrogens (tertiary/aromatic N) is 2. The summed E-state index contributed by atoms with van der Waals surface area (Å²) < 4.78 is 16.2. The predicted molar refractivity (Wildman–Crippen MR) is 118 cm³/mol. The molecule has 1 N–H and O–H groups in total. The van der Waals surface area contributed by atoms with Crippen molar-refractivity contribution in [1.29, 1.82) is 0 Å². The van der Waals surface area contributed by atoms with Gasteiger partial charge in [-0.3, -0.25) is 9.69 Å². The van der Waals surface area contributed by atoms with Gasteiger partial charge in [0.05, 0.1) is 19.9 Å². The lowest BCUT2D eigenvalue weighted by Gasteiger charge is -2.31. The molecule has 0 radical (unpaired) electrons. The molecule has 1 amide bonds. The molecular weight excluding hydrogens is 394 g/mol. The van der Waals surface area contributed by atoms with Crippen LogP contribution in [0.4, 0.5) is 0 Å². The molecule has 1 saturated carbocycles. The molecule has 1 aliphatic carbocycles. The van der Waals surface area contributed by atoms with Crippen LogP contribution in [0.15, 0.2) is 28.8 Å². The Bertz CT molecular complexity index is 853. The summed E-state index contributed by atoms with van der Waals surface area (Å²) in [5.74, 6) is 2.05. The second-order valence-corrected chi connectivity index (χ2v) is 8.72. The average molecular weight is 428 g/mol. The molecule has 2 heterocycles. The minimum absolute atomic E-state index is 0.137. The Hall–Kier alpha value is -2.54. The molecule has 168 valence electrons.